The van der Waals surface area contributed by atoms with Crippen LogP contribution in [0.3, 0.4) is 0 Å². The fourth-order valence-electron chi connectivity index (χ4n) is 3.22. The van der Waals surface area contributed by atoms with Gasteiger partial charge in [0.2, 0.25) is 0 Å². The van der Waals surface area contributed by atoms with Crippen molar-refractivity contribution in [2.75, 3.05) is 13.1 Å². The maximum Gasteiger partial charge on any atom is 0.410 e. The predicted octanol–water partition coefficient (Wildman–Crippen LogP) is 2.27. The Morgan fingerprint density at radius 3 is 2.62 bits per heavy atom. The van der Waals surface area contributed by atoms with Gasteiger partial charge in [0.05, 0.1) is 6.04 Å². The Bertz CT molecular complexity index is 559. The Kier molecular flexibility index (Phi) is 3.07. The number of aromatic nitrogens is 2. The van der Waals surface area contributed by atoms with E-state index in [1.165, 1.54) is 0 Å². The van der Waals surface area contributed by atoms with Crippen molar-refractivity contribution in [2.45, 2.75) is 45.3 Å². The second-order valence-corrected chi connectivity index (χ2v) is 7.24. The third-order valence-electron chi connectivity index (χ3n) is 4.17. The minimum atomic E-state index is -0.442. The predicted molar refractivity (Wildman–Crippen MR) is 76.1 cm³/mol. The largest absolute Gasteiger partial charge is 0.444 e. The topological polar surface area (TPSA) is 64.4 Å². The highest BCUT2D eigenvalue weighted by molar-refractivity contribution is 5.71. The van der Waals surface area contributed by atoms with E-state index >= 15 is 0 Å². The molecule has 114 valence electrons. The number of hydrogen-bond donors (Lipinski definition) is 0. The Labute approximate surface area is 124 Å². The van der Waals surface area contributed by atoms with Crippen LogP contribution in [0.15, 0.2) is 12.3 Å². The summed E-state index contributed by atoms with van der Waals surface area (Å²) in [6, 6.07) is 2.07. The summed E-state index contributed by atoms with van der Waals surface area (Å²) in [6.07, 6.45) is 4.40. The number of hydrogen-bond acceptors (Lipinski definition) is 4. The van der Waals surface area contributed by atoms with Crippen molar-refractivity contribution >= 4 is 12.4 Å². The molecule has 1 saturated heterocycles. The van der Waals surface area contributed by atoms with Crippen LogP contribution in [0.5, 0.6) is 0 Å². The van der Waals surface area contributed by atoms with Gasteiger partial charge in [-0.2, -0.15) is 5.10 Å². The molecule has 2 fully saturated rings. The molecule has 0 unspecified atom stereocenters. The first-order chi connectivity index (χ1) is 9.80. The van der Waals surface area contributed by atoms with E-state index in [9.17, 15) is 9.59 Å². The minimum absolute atomic E-state index is 0.223. The average molecular weight is 291 g/mol. The second-order valence-electron chi connectivity index (χ2n) is 7.24. The van der Waals surface area contributed by atoms with Gasteiger partial charge < -0.3 is 9.64 Å². The molecule has 0 atom stereocenters. The number of rotatable bonds is 2. The lowest BCUT2D eigenvalue weighted by atomic mass is 9.61. The summed E-state index contributed by atoms with van der Waals surface area (Å²) in [5, 5.41) is 4.22. The van der Waals surface area contributed by atoms with E-state index in [2.05, 4.69) is 5.10 Å². The summed E-state index contributed by atoms with van der Waals surface area (Å²) in [4.78, 5) is 24.3. The number of amides is 1. The fourth-order valence-corrected chi connectivity index (χ4v) is 3.22. The van der Waals surface area contributed by atoms with Gasteiger partial charge in [-0.25, -0.2) is 4.79 Å². The van der Waals surface area contributed by atoms with Crippen molar-refractivity contribution in [1.82, 2.24) is 14.7 Å². The van der Waals surface area contributed by atoms with Crippen LogP contribution in [0, 0.1) is 5.41 Å². The molecule has 3 rings (SSSR count). The van der Waals surface area contributed by atoms with Gasteiger partial charge >= 0.3 is 6.09 Å². The summed E-state index contributed by atoms with van der Waals surface area (Å²) in [5.74, 6) is 0. The number of aldehydes is 1. The molecule has 1 aliphatic carbocycles. The van der Waals surface area contributed by atoms with E-state index in [-0.39, 0.29) is 11.5 Å². The van der Waals surface area contributed by atoms with Crippen molar-refractivity contribution in [1.29, 1.82) is 0 Å². The van der Waals surface area contributed by atoms with Gasteiger partial charge in [0, 0.05) is 24.7 Å². The first-order valence-corrected chi connectivity index (χ1v) is 7.29. The monoisotopic (exact) mass is 291 g/mol. The van der Waals surface area contributed by atoms with Crippen LogP contribution in [-0.2, 0) is 4.74 Å². The maximum absolute atomic E-state index is 11.9. The van der Waals surface area contributed by atoms with Crippen molar-refractivity contribution in [3.05, 3.63) is 18.0 Å². The molecule has 0 N–H and O–H groups in total. The summed E-state index contributed by atoms with van der Waals surface area (Å²) in [5.41, 5.74) is 0.261. The molecule has 2 heterocycles. The van der Waals surface area contributed by atoms with Gasteiger partial charge in [-0.05, 0) is 39.7 Å². The van der Waals surface area contributed by atoms with Crippen molar-refractivity contribution < 1.29 is 14.3 Å². The molecule has 21 heavy (non-hydrogen) atoms. The first kappa shape index (κ1) is 14.1. The van der Waals surface area contributed by atoms with Crippen LogP contribution >= 0.6 is 0 Å². The van der Waals surface area contributed by atoms with E-state index < -0.39 is 5.60 Å². The van der Waals surface area contributed by atoms with E-state index in [1.807, 2.05) is 31.6 Å². The first-order valence-electron chi connectivity index (χ1n) is 7.29. The van der Waals surface area contributed by atoms with Crippen LogP contribution in [0.1, 0.15) is 50.1 Å². The fraction of sp³-hybridized carbons (Fsp3) is 0.667. The van der Waals surface area contributed by atoms with Gasteiger partial charge in [-0.1, -0.05) is 0 Å². The standard InChI is InChI=1S/C15H21N3O3/c1-14(2,3)21-13(20)17-9-15(10-17)6-12(7-15)18-5-4-11(8-19)16-18/h4-5,8,12H,6-7,9-10H2,1-3H3. The Hall–Kier alpha value is -1.85. The van der Waals surface area contributed by atoms with Crippen LogP contribution in [0.2, 0.25) is 0 Å². The van der Waals surface area contributed by atoms with Gasteiger partial charge in [0.1, 0.15) is 11.3 Å². The third-order valence-corrected chi connectivity index (χ3v) is 4.17. The Balaban J connectivity index is 1.49. The van der Waals surface area contributed by atoms with Crippen LogP contribution < -0.4 is 0 Å². The Morgan fingerprint density at radius 2 is 2.10 bits per heavy atom. The van der Waals surface area contributed by atoms with Gasteiger partial charge in [0.25, 0.3) is 0 Å². The van der Waals surface area contributed by atoms with Crippen LogP contribution in [0.4, 0.5) is 4.79 Å². The molecule has 1 aromatic heterocycles. The smallest absolute Gasteiger partial charge is 0.410 e. The highest BCUT2D eigenvalue weighted by Crippen LogP contribution is 2.54. The number of nitrogens with zero attached hydrogens (tertiary/aromatic N) is 3. The highest BCUT2D eigenvalue weighted by atomic mass is 16.6. The molecule has 6 heteroatoms. The van der Waals surface area contributed by atoms with Gasteiger partial charge in [-0.3, -0.25) is 9.48 Å². The molecule has 0 radical (unpaired) electrons. The highest BCUT2D eigenvalue weighted by Gasteiger charge is 2.55. The summed E-state index contributed by atoms with van der Waals surface area (Å²) < 4.78 is 7.23. The van der Waals surface area contributed by atoms with E-state index in [0.29, 0.717) is 11.7 Å². The minimum Gasteiger partial charge on any atom is -0.444 e. The number of carbonyl (C=O) groups is 2. The zero-order chi connectivity index (χ0) is 15.3. The number of carbonyl (C=O) groups excluding carboxylic acids is 2. The molecule has 0 bridgehead atoms. The van der Waals surface area contributed by atoms with Crippen molar-refractivity contribution in [3.8, 4) is 0 Å². The molecule has 1 aromatic rings. The normalized spacial score (nSPS) is 20.8. The summed E-state index contributed by atoms with van der Waals surface area (Å²) in [6.45, 7) is 7.16. The molecule has 1 amide bonds. The van der Waals surface area contributed by atoms with Gasteiger partial charge in [0.15, 0.2) is 6.29 Å². The zero-order valence-corrected chi connectivity index (χ0v) is 12.7. The molecule has 0 aromatic carbocycles. The van der Waals surface area contributed by atoms with E-state index in [4.69, 9.17) is 4.74 Å². The molecule has 1 aliphatic heterocycles. The molecular formula is C15H21N3O3. The van der Waals surface area contributed by atoms with Crippen molar-refractivity contribution in [3.63, 3.8) is 0 Å². The van der Waals surface area contributed by atoms with Gasteiger partial charge in [-0.15, -0.1) is 0 Å². The summed E-state index contributed by atoms with van der Waals surface area (Å²) in [7, 11) is 0. The summed E-state index contributed by atoms with van der Waals surface area (Å²) >= 11 is 0. The molecular weight excluding hydrogens is 270 g/mol. The number of likely N-dealkylation sites (tertiary alicyclic amines) is 1. The second kappa shape index (κ2) is 4.58. The maximum atomic E-state index is 11.9. The van der Waals surface area contributed by atoms with E-state index in [1.54, 1.807) is 11.0 Å². The number of ether oxygens (including phenoxy) is 1. The molecule has 2 aliphatic rings. The lowest BCUT2D eigenvalue weighted by Gasteiger charge is -2.58. The average Bonchev–Trinajstić information content (AvgIpc) is 2.71. The molecule has 1 spiro atoms. The SMILES string of the molecule is CC(C)(C)OC(=O)N1CC2(CC(n3ccc(C=O)n3)C2)C1. The third kappa shape index (κ3) is 2.66. The zero-order valence-electron chi connectivity index (χ0n) is 12.7. The quantitative estimate of drug-likeness (QED) is 0.784. The Morgan fingerprint density at radius 1 is 1.43 bits per heavy atom. The van der Waals surface area contributed by atoms with Crippen LogP contribution in [0.25, 0.3) is 0 Å². The van der Waals surface area contributed by atoms with Crippen molar-refractivity contribution in [2.24, 2.45) is 5.41 Å². The lowest BCUT2D eigenvalue weighted by Crippen LogP contribution is -2.64. The van der Waals surface area contributed by atoms with E-state index in [0.717, 1.165) is 32.2 Å². The molecule has 6 nitrogen and oxygen atoms in total. The lowest BCUT2D eigenvalue weighted by molar-refractivity contribution is -0.0928. The van der Waals surface area contributed by atoms with Crippen LogP contribution in [-0.4, -0.2) is 45.8 Å². The molecule has 1 saturated carbocycles.